The number of hydrogen-bond donors (Lipinski definition) is 1. The van der Waals surface area contributed by atoms with Crippen molar-refractivity contribution in [2.24, 2.45) is 5.73 Å². The molecule has 10 aliphatic heterocycles. The van der Waals surface area contributed by atoms with Crippen LogP contribution in [0.1, 0.15) is 15.9 Å². The van der Waals surface area contributed by atoms with E-state index in [-0.39, 0.29) is 21.0 Å². The minimum absolute atomic E-state index is 0.0450. The summed E-state index contributed by atoms with van der Waals surface area (Å²) in [4.78, 5) is 21.6. The molecule has 10 heterocycles. The van der Waals surface area contributed by atoms with E-state index in [2.05, 4.69) is 0 Å². The van der Waals surface area contributed by atoms with Crippen molar-refractivity contribution < 1.29 is 24.5 Å². The number of hydrogen-bond acceptors (Lipinski definition) is 2. The summed E-state index contributed by atoms with van der Waals surface area (Å²) < 4.78 is 39.0. The van der Waals surface area contributed by atoms with Crippen molar-refractivity contribution in [2.75, 3.05) is 0 Å². The molecule has 2 N–H and O–H groups in total. The summed E-state index contributed by atoms with van der Waals surface area (Å²) in [6, 6.07) is 4.78. The molecule has 10 fully saturated rings. The molecule has 132 valence electrons. The molecule has 0 saturated carbocycles. The molecule has 11 rings (SSSR count). The number of benzene rings is 1. The van der Waals surface area contributed by atoms with Crippen molar-refractivity contribution in [1.29, 1.82) is 0 Å². The number of rotatable bonds is 3. The van der Waals surface area contributed by atoms with Gasteiger partial charge in [0, 0.05) is 0 Å². The summed E-state index contributed by atoms with van der Waals surface area (Å²) in [6.07, 6.45) is 0. The van der Waals surface area contributed by atoms with Gasteiger partial charge >= 0.3 is 135 Å². The first-order valence-corrected chi connectivity index (χ1v) is 16.1. The second kappa shape index (κ2) is 1.18. The van der Waals surface area contributed by atoms with Gasteiger partial charge in [0.1, 0.15) is 0 Å². The summed E-state index contributed by atoms with van der Waals surface area (Å²) in [5, 5.41) is 0. The Hall–Kier alpha value is -0.651. The molecule has 25 heavy (non-hydrogen) atoms. The minimum atomic E-state index is -4.29. The first-order valence-electron chi connectivity index (χ1n) is 8.96. The molecule has 10 saturated heterocycles. The van der Waals surface area contributed by atoms with Gasteiger partial charge in [-0.3, -0.25) is 0 Å². The van der Waals surface area contributed by atoms with E-state index in [0.717, 1.165) is 48.9 Å². The Labute approximate surface area is 135 Å². The predicted octanol–water partition coefficient (Wildman–Crippen LogP) is 5.19. The van der Waals surface area contributed by atoms with E-state index in [1.165, 1.54) is 6.07 Å². The number of carbonyl (C=O) groups excluding carboxylic acids is 1. The fourth-order valence-electron chi connectivity index (χ4n) is 18.2. The van der Waals surface area contributed by atoms with Crippen LogP contribution in [0.3, 0.4) is 0 Å². The van der Waals surface area contributed by atoms with Crippen molar-refractivity contribution in [3.05, 3.63) is 29.3 Å². The molecule has 7 heteroatoms. The van der Waals surface area contributed by atoms with E-state index in [9.17, 15) is 18.0 Å². The van der Waals surface area contributed by atoms with Crippen LogP contribution < -0.4 is 5.73 Å². The molecular formula is C18H14F3FeNOS. The third-order valence-electron chi connectivity index (χ3n) is 16.6. The molecule has 2 nitrogen and oxygen atoms in total. The second-order valence-electron chi connectivity index (χ2n) is 12.3. The zero-order chi connectivity index (χ0) is 16.7. The number of carbonyl (C=O) groups is 1. The number of fused-ring (bicyclic) bond motifs is 10. The average molecular weight is 405 g/mol. The fourth-order valence-corrected chi connectivity index (χ4v) is 92.9. The van der Waals surface area contributed by atoms with E-state index in [0.29, 0.717) is 5.56 Å². The second-order valence-corrected chi connectivity index (χ2v) is 37.0. The monoisotopic (exact) mass is 405 g/mol. The predicted molar refractivity (Wildman–Crippen MR) is 82.3 cm³/mol. The number of nitrogens with two attached hydrogens (primary N) is 1. The number of primary amides is 1. The van der Waals surface area contributed by atoms with Crippen LogP contribution in [0.25, 0.3) is 0 Å². The topological polar surface area (TPSA) is 43.1 Å². The summed E-state index contributed by atoms with van der Waals surface area (Å²) in [5.74, 6) is -0.450. The molecule has 0 bridgehead atoms. The zero-order valence-corrected chi connectivity index (χ0v) is 14.7. The van der Waals surface area contributed by atoms with E-state index < -0.39 is 17.9 Å². The van der Waals surface area contributed by atoms with Crippen molar-refractivity contribution in [3.63, 3.8) is 0 Å². The fraction of sp³-hybridized carbons (Fsp3) is 0.611. The van der Waals surface area contributed by atoms with Crippen LogP contribution in [-0.4, -0.2) is 11.4 Å². The van der Waals surface area contributed by atoms with Crippen LogP contribution in [0.5, 0.6) is 0 Å². The van der Waals surface area contributed by atoms with Crippen molar-refractivity contribution in [2.45, 2.75) is 58.1 Å². The quantitative estimate of drug-likeness (QED) is 0.556. The van der Waals surface area contributed by atoms with Crippen LogP contribution in [0.15, 0.2) is 23.1 Å². The Kier molecular flexibility index (Phi) is 0.532. The number of alkyl halides is 3. The van der Waals surface area contributed by atoms with Gasteiger partial charge in [0.05, 0.1) is 0 Å². The Morgan fingerprint density at radius 2 is 1.60 bits per heavy atom. The molecule has 1 aromatic carbocycles. The average Bonchev–Trinajstić information content (AvgIpc) is 3.45. The third-order valence-corrected chi connectivity index (χ3v) is 59.6. The number of halogens is 3. The summed E-state index contributed by atoms with van der Waals surface area (Å²) in [6.45, 7) is -3.54. The summed E-state index contributed by atoms with van der Waals surface area (Å²) in [5.41, 5.74) is 2.94. The van der Waals surface area contributed by atoms with E-state index in [1.54, 1.807) is 12.1 Å². The Bertz CT molecular complexity index is 1360. The molecule has 4 atom stereocenters. The van der Waals surface area contributed by atoms with Gasteiger partial charge in [-0.25, -0.2) is 0 Å². The van der Waals surface area contributed by atoms with E-state index in [4.69, 9.17) is 5.73 Å². The van der Waals surface area contributed by atoms with Gasteiger partial charge in [0.15, 0.2) is 0 Å². The molecule has 0 aliphatic carbocycles. The van der Waals surface area contributed by atoms with E-state index >= 15 is 0 Å². The third kappa shape index (κ3) is 0.184. The Morgan fingerprint density at radius 3 is 1.96 bits per heavy atom. The zero-order valence-electron chi connectivity index (χ0n) is 12.8. The molecule has 1 aromatic rings. The van der Waals surface area contributed by atoms with Gasteiger partial charge in [-0.15, -0.1) is 0 Å². The molecule has 1 amide bonds. The number of amides is 1. The van der Waals surface area contributed by atoms with Crippen LogP contribution in [-0.2, 0) is 10.8 Å². The molecule has 1 spiro atoms. The van der Waals surface area contributed by atoms with Crippen LogP contribution >= 0.6 is 11.8 Å². The summed E-state index contributed by atoms with van der Waals surface area (Å²) >= 11 is -0.0450. The Balaban J connectivity index is 1.28. The van der Waals surface area contributed by atoms with Crippen LogP contribution in [0.4, 0.5) is 13.2 Å². The molecule has 4 unspecified atom stereocenters. The van der Waals surface area contributed by atoms with Gasteiger partial charge < -0.3 is 0 Å². The molecular weight excluding hydrogens is 391 g/mol. The van der Waals surface area contributed by atoms with E-state index in [1.807, 2.05) is 0 Å². The van der Waals surface area contributed by atoms with Gasteiger partial charge in [0.25, 0.3) is 0 Å². The maximum atomic E-state index is 12.9. The molecule has 10 aliphatic rings. The van der Waals surface area contributed by atoms with Crippen molar-refractivity contribution >= 4 is 17.7 Å². The standard InChI is InChI=1S/C13H9F3NOS.C5H5.Fe/c14-13(15,16)19-9-5-6-10(12(17)18)11(7-9)8-3-1-2-4-8;1-2-4-5-3-1;/h1-7H,(H2,17,18);1-5H;. The van der Waals surface area contributed by atoms with Gasteiger partial charge in [-0.2, -0.15) is 0 Å². The molecule has 0 aromatic heterocycles. The van der Waals surface area contributed by atoms with Crippen molar-refractivity contribution in [3.8, 4) is 0 Å². The number of thioether (sulfide) groups is 1. The normalized spacial score (nSPS) is 85.3. The first kappa shape index (κ1) is 11.3. The molecule has 0 radical (unpaired) electrons. The van der Waals surface area contributed by atoms with Crippen molar-refractivity contribution in [1.82, 2.24) is 0 Å². The van der Waals surface area contributed by atoms with Gasteiger partial charge in [-0.1, -0.05) is 0 Å². The van der Waals surface area contributed by atoms with Crippen LogP contribution in [0, 0.1) is 0 Å². The van der Waals surface area contributed by atoms with Crippen LogP contribution in [0.2, 0.25) is 43.3 Å². The van der Waals surface area contributed by atoms with Gasteiger partial charge in [-0.05, 0) is 0 Å². The SMILES string of the molecule is NC(=O)c1ccc(SC(F)(F)F)cc1[C]12[CH]3[CH]4[CH]5[CH]1[Fe]45321678[CH]2[CH]1[CH]6[CH]7[CH]28. The van der Waals surface area contributed by atoms with Gasteiger partial charge in [0.2, 0.25) is 0 Å². The maximum absolute atomic E-state index is 12.9. The first-order chi connectivity index (χ1) is 11.6. The Morgan fingerprint density at radius 1 is 1.04 bits per heavy atom. The summed E-state index contributed by atoms with van der Waals surface area (Å²) in [7, 11) is 0.